The Hall–Kier alpha value is -1.43. The van der Waals surface area contributed by atoms with Gasteiger partial charge in [0.15, 0.2) is 0 Å². The minimum absolute atomic E-state index is 0.122. The predicted octanol–water partition coefficient (Wildman–Crippen LogP) is 8.81. The number of nitrogens with one attached hydrogen (secondary N) is 1. The molecule has 1 unspecified atom stereocenters. The Morgan fingerprint density at radius 1 is 1.00 bits per heavy atom. The summed E-state index contributed by atoms with van der Waals surface area (Å²) in [5.41, 5.74) is 5.85. The Kier molecular flexibility index (Phi) is 8.10. The molecule has 266 valence electrons. The van der Waals surface area contributed by atoms with Crippen molar-refractivity contribution in [3.05, 3.63) is 35.5 Å². The summed E-state index contributed by atoms with van der Waals surface area (Å²) in [6.07, 6.45) is 21.0. The second kappa shape index (κ2) is 11.5. The molecular weight excluding hydrogens is 592 g/mol. The number of morpholine rings is 1. The third-order valence-corrected chi connectivity index (χ3v) is 17.6. The van der Waals surface area contributed by atoms with Crippen molar-refractivity contribution < 1.29 is 14.6 Å². The van der Waals surface area contributed by atoms with Gasteiger partial charge in [-0.3, -0.25) is 9.69 Å². The number of hydrogen-bond donors (Lipinski definition) is 2. The standard InChI is InChI=1S/C43H66N2O3/c1-27(2)32-14-19-43(44-22-23-45-25-31-24-30(45)26-48-31)21-20-41(6)34(37(32)43)12-13-36-40(5)17-15-33(28-8-10-29(11-9-28)38(46)47)39(3,4)35(40)16-18-42(36,41)7/h8,15,29-32,34-37,44H,1,9-14,16-26H2,2-7H3,(H,46,47)/t29?,30-,31+,32+,34-,35+,36-,37-,40+,41-,42-,43+/m1/s1. The fourth-order valence-corrected chi connectivity index (χ4v) is 15.1. The van der Waals surface area contributed by atoms with E-state index in [0.29, 0.717) is 52.6 Å². The van der Waals surface area contributed by atoms with E-state index in [4.69, 9.17) is 4.74 Å². The lowest BCUT2D eigenvalue weighted by Crippen LogP contribution is -2.68. The van der Waals surface area contributed by atoms with E-state index in [1.54, 1.807) is 5.57 Å². The fraction of sp³-hybridized carbons (Fsp3) is 0.837. The van der Waals surface area contributed by atoms with Gasteiger partial charge in [0.05, 0.1) is 18.6 Å². The average Bonchev–Trinajstić information content (AvgIpc) is 3.76. The SMILES string of the molecule is C=C(C)[C@@H]1CC[C@]2(NCCN3C[C@@H]4C[C@@H]3CO4)CC[C@]3(C)[C@H](CC[C@@H]4[C@@]5(C)CC=C(C6=CCC(C(=O)O)CC6)C(C)(C)[C@@H]5CC[C@]43C)[C@@H]12. The van der Waals surface area contributed by atoms with Crippen LogP contribution in [0, 0.1) is 57.2 Å². The molecule has 0 amide bonds. The van der Waals surface area contributed by atoms with Crippen molar-refractivity contribution in [1.29, 1.82) is 0 Å². The lowest BCUT2D eigenvalue weighted by atomic mass is 9.33. The van der Waals surface area contributed by atoms with Crippen molar-refractivity contribution in [2.24, 2.45) is 57.2 Å². The Bertz CT molecular complexity index is 1400. The maximum Gasteiger partial charge on any atom is 0.306 e. The number of nitrogens with zero attached hydrogens (tertiary/aromatic N) is 1. The largest absolute Gasteiger partial charge is 0.481 e. The Morgan fingerprint density at radius 2 is 1.81 bits per heavy atom. The smallest absolute Gasteiger partial charge is 0.306 e. The second-order valence-electron chi connectivity index (χ2n) is 19.7. The summed E-state index contributed by atoms with van der Waals surface area (Å²) in [4.78, 5) is 14.4. The summed E-state index contributed by atoms with van der Waals surface area (Å²) in [5, 5.41) is 14.0. The van der Waals surface area contributed by atoms with Crippen LogP contribution in [0.15, 0.2) is 35.5 Å². The van der Waals surface area contributed by atoms with Crippen molar-refractivity contribution >= 4 is 5.97 Å². The van der Waals surface area contributed by atoms with Crippen LogP contribution >= 0.6 is 0 Å². The summed E-state index contributed by atoms with van der Waals surface area (Å²) in [6, 6.07) is 0.651. The molecule has 2 heterocycles. The summed E-state index contributed by atoms with van der Waals surface area (Å²) < 4.78 is 5.91. The predicted molar refractivity (Wildman–Crippen MR) is 194 cm³/mol. The van der Waals surface area contributed by atoms with Crippen LogP contribution in [0.3, 0.4) is 0 Å². The van der Waals surface area contributed by atoms with Crippen molar-refractivity contribution in [1.82, 2.24) is 10.2 Å². The maximum absolute atomic E-state index is 11.7. The second-order valence-corrected chi connectivity index (χ2v) is 19.7. The molecule has 4 saturated carbocycles. The highest BCUT2D eigenvalue weighted by Crippen LogP contribution is 2.76. The number of hydrogen-bond acceptors (Lipinski definition) is 4. The molecule has 0 aromatic rings. The van der Waals surface area contributed by atoms with Gasteiger partial charge in [-0.05, 0) is 153 Å². The zero-order chi connectivity index (χ0) is 33.9. The summed E-state index contributed by atoms with van der Waals surface area (Å²) in [7, 11) is 0. The van der Waals surface area contributed by atoms with Crippen LogP contribution in [-0.4, -0.2) is 59.9 Å². The van der Waals surface area contributed by atoms with Crippen LogP contribution < -0.4 is 5.32 Å². The molecule has 12 atom stereocenters. The number of fused-ring (bicyclic) bond motifs is 9. The van der Waals surface area contributed by atoms with Crippen LogP contribution in [0.25, 0.3) is 0 Å². The first-order valence-electron chi connectivity index (χ1n) is 20.1. The zero-order valence-electron chi connectivity index (χ0n) is 31.2. The molecule has 8 aliphatic rings. The van der Waals surface area contributed by atoms with Crippen molar-refractivity contribution in [3.63, 3.8) is 0 Å². The van der Waals surface area contributed by atoms with Crippen LogP contribution in [-0.2, 0) is 9.53 Å². The highest BCUT2D eigenvalue weighted by atomic mass is 16.5. The van der Waals surface area contributed by atoms with Gasteiger partial charge in [-0.15, -0.1) is 0 Å². The van der Waals surface area contributed by atoms with Gasteiger partial charge >= 0.3 is 5.97 Å². The van der Waals surface area contributed by atoms with E-state index < -0.39 is 5.97 Å². The Labute approximate surface area is 291 Å². The van der Waals surface area contributed by atoms with Crippen molar-refractivity contribution in [2.45, 2.75) is 143 Å². The fourth-order valence-electron chi connectivity index (χ4n) is 15.1. The molecule has 0 aromatic heterocycles. The van der Waals surface area contributed by atoms with E-state index in [0.717, 1.165) is 44.4 Å². The molecule has 2 saturated heterocycles. The topological polar surface area (TPSA) is 61.8 Å². The number of aliphatic carboxylic acids is 1. The first-order chi connectivity index (χ1) is 22.7. The normalized spacial score (nSPS) is 49.3. The van der Waals surface area contributed by atoms with E-state index >= 15 is 0 Å². The molecule has 6 fully saturated rings. The molecular formula is C43H66N2O3. The molecule has 48 heavy (non-hydrogen) atoms. The van der Waals surface area contributed by atoms with Crippen molar-refractivity contribution in [2.75, 3.05) is 26.2 Å². The molecule has 8 rings (SSSR count). The van der Waals surface area contributed by atoms with Gasteiger partial charge in [0.25, 0.3) is 0 Å². The van der Waals surface area contributed by atoms with Gasteiger partial charge in [-0.2, -0.15) is 0 Å². The molecule has 0 radical (unpaired) electrons. The molecule has 0 aromatic carbocycles. The number of ether oxygens (including phenoxy) is 1. The van der Waals surface area contributed by atoms with Gasteiger partial charge in [0.2, 0.25) is 0 Å². The minimum Gasteiger partial charge on any atom is -0.481 e. The quantitative estimate of drug-likeness (QED) is 0.268. The zero-order valence-corrected chi connectivity index (χ0v) is 31.2. The Balaban J connectivity index is 1.05. The maximum atomic E-state index is 11.7. The highest BCUT2D eigenvalue weighted by Gasteiger charge is 2.70. The number of rotatable bonds is 7. The van der Waals surface area contributed by atoms with Crippen molar-refractivity contribution in [3.8, 4) is 0 Å². The number of allylic oxidation sites excluding steroid dienone is 5. The summed E-state index contributed by atoms with van der Waals surface area (Å²) >= 11 is 0. The summed E-state index contributed by atoms with van der Waals surface area (Å²) in [5.74, 6) is 2.70. The summed E-state index contributed by atoms with van der Waals surface area (Å²) in [6.45, 7) is 24.6. The van der Waals surface area contributed by atoms with Gasteiger partial charge in [0, 0.05) is 31.2 Å². The lowest BCUT2D eigenvalue weighted by Gasteiger charge is -2.72. The minimum atomic E-state index is -0.627. The molecule has 5 nitrogen and oxygen atoms in total. The third-order valence-electron chi connectivity index (χ3n) is 17.6. The van der Waals surface area contributed by atoms with Crippen LogP contribution in [0.2, 0.25) is 0 Å². The molecule has 6 aliphatic carbocycles. The van der Waals surface area contributed by atoms with Crippen LogP contribution in [0.5, 0.6) is 0 Å². The monoisotopic (exact) mass is 659 g/mol. The number of likely N-dealkylation sites (tertiary alicyclic amines) is 1. The third kappa shape index (κ3) is 4.74. The van der Waals surface area contributed by atoms with Gasteiger partial charge in [-0.25, -0.2) is 0 Å². The number of carboxylic acid groups (broad SMARTS) is 1. The number of carbonyl (C=O) groups is 1. The van der Waals surface area contributed by atoms with Crippen LogP contribution in [0.4, 0.5) is 0 Å². The molecule has 5 heteroatoms. The van der Waals surface area contributed by atoms with E-state index in [2.05, 4.69) is 70.5 Å². The first kappa shape index (κ1) is 33.7. The van der Waals surface area contributed by atoms with Gasteiger partial charge < -0.3 is 15.2 Å². The van der Waals surface area contributed by atoms with Crippen LogP contribution in [0.1, 0.15) is 125 Å². The van der Waals surface area contributed by atoms with E-state index in [-0.39, 0.29) is 16.9 Å². The first-order valence-corrected chi connectivity index (χ1v) is 20.1. The molecule has 0 spiro atoms. The average molecular weight is 659 g/mol. The molecule has 2 N–H and O–H groups in total. The molecule has 2 aliphatic heterocycles. The lowest BCUT2D eigenvalue weighted by molar-refractivity contribution is -0.221. The highest BCUT2D eigenvalue weighted by molar-refractivity contribution is 5.70. The van der Waals surface area contributed by atoms with E-state index in [1.165, 1.54) is 81.9 Å². The van der Waals surface area contributed by atoms with E-state index in [1.807, 2.05) is 0 Å². The molecule has 2 bridgehead atoms. The van der Waals surface area contributed by atoms with Gasteiger partial charge in [0.1, 0.15) is 0 Å². The van der Waals surface area contributed by atoms with Gasteiger partial charge in [-0.1, -0.05) is 58.9 Å². The van der Waals surface area contributed by atoms with E-state index in [9.17, 15) is 9.90 Å². The Morgan fingerprint density at radius 3 is 2.48 bits per heavy atom. The number of carboxylic acids is 1.